The van der Waals surface area contributed by atoms with E-state index in [4.69, 9.17) is 11.6 Å². The Hall–Kier alpha value is -0.210. The van der Waals surface area contributed by atoms with Crippen LogP contribution in [0.3, 0.4) is 0 Å². The number of anilines is 1. The predicted molar refractivity (Wildman–Crippen MR) is 65.5 cm³/mol. The van der Waals surface area contributed by atoms with Crippen LogP contribution in [0.2, 0.25) is 5.02 Å². The van der Waals surface area contributed by atoms with Crippen molar-refractivity contribution < 1.29 is 0 Å². The van der Waals surface area contributed by atoms with Gasteiger partial charge in [0.05, 0.1) is 10.7 Å². The quantitative estimate of drug-likeness (QED) is 0.757. The molecule has 0 unspecified atom stereocenters. The molecule has 3 heteroatoms. The Morgan fingerprint density at radius 1 is 1.50 bits per heavy atom. The third-order valence-corrected chi connectivity index (χ3v) is 3.57. The highest BCUT2D eigenvalue weighted by Gasteiger charge is 2.28. The van der Waals surface area contributed by atoms with Gasteiger partial charge in [0.25, 0.3) is 0 Å². The third-order valence-electron chi connectivity index (χ3n) is 2.66. The summed E-state index contributed by atoms with van der Waals surface area (Å²) >= 11 is 9.71. The molecule has 1 nitrogen and oxygen atoms in total. The van der Waals surface area contributed by atoms with Crippen molar-refractivity contribution in [1.82, 2.24) is 0 Å². The minimum Gasteiger partial charge on any atom is -0.370 e. The van der Waals surface area contributed by atoms with Gasteiger partial charge in [-0.25, -0.2) is 0 Å². The van der Waals surface area contributed by atoms with E-state index in [9.17, 15) is 0 Å². The molecule has 1 aliphatic carbocycles. The van der Waals surface area contributed by atoms with Crippen LogP contribution >= 0.6 is 27.5 Å². The molecule has 1 aliphatic rings. The van der Waals surface area contributed by atoms with Crippen LogP contribution in [0.25, 0.3) is 0 Å². The van der Waals surface area contributed by atoms with Gasteiger partial charge in [0.2, 0.25) is 0 Å². The summed E-state index contributed by atoms with van der Waals surface area (Å²) < 4.78 is 0. The molecular weight excluding hydrogens is 261 g/mol. The highest BCUT2D eigenvalue weighted by molar-refractivity contribution is 9.08. The lowest BCUT2D eigenvalue weighted by atomic mass is 10.2. The van der Waals surface area contributed by atoms with Gasteiger partial charge in [-0.05, 0) is 24.5 Å². The van der Waals surface area contributed by atoms with Crippen molar-refractivity contribution in [3.05, 3.63) is 28.8 Å². The van der Waals surface area contributed by atoms with Gasteiger partial charge in [0, 0.05) is 18.4 Å². The van der Waals surface area contributed by atoms with Crippen molar-refractivity contribution in [2.24, 2.45) is 0 Å². The van der Waals surface area contributed by atoms with Crippen LogP contribution in [-0.4, -0.2) is 13.1 Å². The second kappa shape index (κ2) is 4.11. The van der Waals surface area contributed by atoms with Crippen molar-refractivity contribution in [2.75, 3.05) is 11.9 Å². The first kappa shape index (κ1) is 10.3. The fourth-order valence-electron chi connectivity index (χ4n) is 1.71. The standard InChI is InChI=1S/C11H13BrClN/c1-14(9-5-6-9)11-8(7-12)3-2-4-10(11)13/h2-4,9H,5-7H2,1H3. The minimum absolute atomic E-state index is 0.702. The topological polar surface area (TPSA) is 3.24 Å². The van der Waals surface area contributed by atoms with Crippen LogP contribution in [0.5, 0.6) is 0 Å². The lowest BCUT2D eigenvalue weighted by Gasteiger charge is -2.22. The summed E-state index contributed by atoms with van der Waals surface area (Å²) in [6.45, 7) is 0. The number of hydrogen-bond acceptors (Lipinski definition) is 1. The number of halogens is 2. The Bertz CT molecular complexity index is 336. The molecule has 0 N–H and O–H groups in total. The van der Waals surface area contributed by atoms with E-state index in [1.807, 2.05) is 12.1 Å². The van der Waals surface area contributed by atoms with Gasteiger partial charge in [-0.15, -0.1) is 0 Å². The zero-order valence-corrected chi connectivity index (χ0v) is 10.5. The third kappa shape index (κ3) is 1.91. The molecule has 1 fully saturated rings. The molecule has 0 aromatic heterocycles. The maximum absolute atomic E-state index is 6.21. The number of para-hydroxylation sites is 1. The first-order valence-corrected chi connectivity index (χ1v) is 6.30. The van der Waals surface area contributed by atoms with Gasteiger partial charge in [-0.1, -0.05) is 39.7 Å². The van der Waals surface area contributed by atoms with Crippen molar-refractivity contribution in [3.8, 4) is 0 Å². The fraction of sp³-hybridized carbons (Fsp3) is 0.455. The molecule has 0 heterocycles. The van der Waals surface area contributed by atoms with E-state index in [0.717, 1.165) is 10.4 Å². The van der Waals surface area contributed by atoms with Crippen LogP contribution in [0, 0.1) is 0 Å². The van der Waals surface area contributed by atoms with Gasteiger partial charge >= 0.3 is 0 Å². The second-order valence-electron chi connectivity index (χ2n) is 3.72. The first-order chi connectivity index (χ1) is 6.74. The number of benzene rings is 1. The number of hydrogen-bond donors (Lipinski definition) is 0. The molecule has 0 atom stereocenters. The molecule has 1 saturated carbocycles. The second-order valence-corrected chi connectivity index (χ2v) is 4.69. The molecule has 1 aromatic rings. The summed E-state index contributed by atoms with van der Waals surface area (Å²) in [5, 5.41) is 1.72. The first-order valence-electron chi connectivity index (χ1n) is 4.80. The summed E-state index contributed by atoms with van der Waals surface area (Å²) in [6, 6.07) is 6.78. The fourth-order valence-corrected chi connectivity index (χ4v) is 2.49. The Morgan fingerprint density at radius 2 is 2.21 bits per heavy atom. The van der Waals surface area contributed by atoms with Gasteiger partial charge in [0.15, 0.2) is 0 Å². The lowest BCUT2D eigenvalue weighted by molar-refractivity contribution is 0.911. The molecule has 2 rings (SSSR count). The maximum atomic E-state index is 6.21. The van der Waals surface area contributed by atoms with Gasteiger partial charge in [-0.2, -0.15) is 0 Å². The number of alkyl halides is 1. The van der Waals surface area contributed by atoms with E-state index in [-0.39, 0.29) is 0 Å². The monoisotopic (exact) mass is 273 g/mol. The van der Waals surface area contributed by atoms with Crippen molar-refractivity contribution in [1.29, 1.82) is 0 Å². The van der Waals surface area contributed by atoms with Crippen LogP contribution in [0.4, 0.5) is 5.69 Å². The molecule has 1 aromatic carbocycles. The number of nitrogens with zero attached hydrogens (tertiary/aromatic N) is 1. The van der Waals surface area contributed by atoms with E-state index < -0.39 is 0 Å². The van der Waals surface area contributed by atoms with Crippen LogP contribution in [-0.2, 0) is 5.33 Å². The molecule has 0 amide bonds. The van der Waals surface area contributed by atoms with E-state index in [1.54, 1.807) is 0 Å². The lowest BCUT2D eigenvalue weighted by Crippen LogP contribution is -2.21. The normalized spacial score (nSPS) is 15.6. The van der Waals surface area contributed by atoms with Gasteiger partial charge < -0.3 is 4.90 Å². The zero-order valence-electron chi connectivity index (χ0n) is 8.13. The van der Waals surface area contributed by atoms with Gasteiger partial charge in [-0.3, -0.25) is 0 Å². The molecule has 14 heavy (non-hydrogen) atoms. The van der Waals surface area contributed by atoms with E-state index in [1.165, 1.54) is 24.1 Å². The van der Waals surface area contributed by atoms with Crippen molar-refractivity contribution in [3.63, 3.8) is 0 Å². The van der Waals surface area contributed by atoms with Crippen LogP contribution in [0.1, 0.15) is 18.4 Å². The molecular formula is C11H13BrClN. The Balaban J connectivity index is 2.37. The molecule has 0 radical (unpaired) electrons. The van der Waals surface area contributed by atoms with Crippen LogP contribution in [0.15, 0.2) is 18.2 Å². The highest BCUT2D eigenvalue weighted by atomic mass is 79.9. The largest absolute Gasteiger partial charge is 0.370 e. The molecule has 0 bridgehead atoms. The molecule has 0 spiro atoms. The summed E-state index contributed by atoms with van der Waals surface area (Å²) in [4.78, 5) is 2.30. The Kier molecular flexibility index (Phi) is 3.03. The zero-order chi connectivity index (χ0) is 10.1. The summed E-state index contributed by atoms with van der Waals surface area (Å²) in [5.74, 6) is 0. The molecule has 0 aliphatic heterocycles. The highest BCUT2D eigenvalue weighted by Crippen LogP contribution is 2.37. The SMILES string of the molecule is CN(c1c(Cl)cccc1CBr)C1CC1. The summed E-state index contributed by atoms with van der Waals surface area (Å²) in [5.41, 5.74) is 2.46. The maximum Gasteiger partial charge on any atom is 0.0642 e. The molecule has 0 saturated heterocycles. The smallest absolute Gasteiger partial charge is 0.0642 e. The number of rotatable bonds is 3. The Labute approximate surface area is 98.2 Å². The van der Waals surface area contributed by atoms with E-state index >= 15 is 0 Å². The minimum atomic E-state index is 0.702. The van der Waals surface area contributed by atoms with Gasteiger partial charge in [0.1, 0.15) is 0 Å². The van der Waals surface area contributed by atoms with E-state index in [2.05, 4.69) is 33.9 Å². The molecule has 76 valence electrons. The average Bonchev–Trinajstić information content (AvgIpc) is 2.99. The summed E-state index contributed by atoms with van der Waals surface area (Å²) in [6.07, 6.45) is 2.59. The van der Waals surface area contributed by atoms with E-state index in [0.29, 0.717) is 6.04 Å². The van der Waals surface area contributed by atoms with Crippen molar-refractivity contribution in [2.45, 2.75) is 24.2 Å². The summed E-state index contributed by atoms with van der Waals surface area (Å²) in [7, 11) is 2.13. The average molecular weight is 275 g/mol. The Morgan fingerprint density at radius 3 is 2.79 bits per heavy atom. The van der Waals surface area contributed by atoms with Crippen LogP contribution < -0.4 is 4.90 Å². The predicted octanol–water partition coefficient (Wildman–Crippen LogP) is 3.83. The van der Waals surface area contributed by atoms with Crippen molar-refractivity contribution >= 4 is 33.2 Å².